The summed E-state index contributed by atoms with van der Waals surface area (Å²) in [5.74, 6) is 0.733. The van der Waals surface area contributed by atoms with E-state index < -0.39 is 6.10 Å². The number of hydrogen-bond acceptors (Lipinski definition) is 6. The molecule has 4 heterocycles. The molecular formula is C21H25N7O2. The lowest BCUT2D eigenvalue weighted by Gasteiger charge is -2.14. The highest BCUT2D eigenvalue weighted by Crippen LogP contribution is 2.41. The van der Waals surface area contributed by atoms with Crippen LogP contribution < -0.4 is 0 Å². The quantitative estimate of drug-likeness (QED) is 0.464. The van der Waals surface area contributed by atoms with E-state index in [4.69, 9.17) is 10.1 Å². The molecule has 0 amide bonds. The number of fused-ring (bicyclic) bond motifs is 1. The first-order valence-electron chi connectivity index (χ1n) is 10.4. The number of rotatable bonds is 8. The summed E-state index contributed by atoms with van der Waals surface area (Å²) in [4.78, 5) is 4.91. The Bertz CT molecular complexity index is 1160. The molecule has 1 fully saturated rings. The minimum atomic E-state index is -0.848. The van der Waals surface area contributed by atoms with Gasteiger partial charge in [-0.15, -0.1) is 0 Å². The molecule has 30 heavy (non-hydrogen) atoms. The molecule has 1 saturated carbocycles. The van der Waals surface area contributed by atoms with Crippen molar-refractivity contribution in [3.63, 3.8) is 0 Å². The first-order chi connectivity index (χ1) is 14.7. The van der Waals surface area contributed by atoms with Crippen molar-refractivity contribution >= 4 is 5.52 Å². The van der Waals surface area contributed by atoms with E-state index in [-0.39, 0.29) is 13.2 Å². The van der Waals surface area contributed by atoms with Gasteiger partial charge in [-0.05, 0) is 31.2 Å². The van der Waals surface area contributed by atoms with Crippen molar-refractivity contribution in [2.75, 3.05) is 6.61 Å². The average Bonchev–Trinajstić information content (AvgIpc) is 3.15. The Hall–Kier alpha value is -3.04. The molecule has 9 nitrogen and oxygen atoms in total. The largest absolute Gasteiger partial charge is 0.394 e. The van der Waals surface area contributed by atoms with Gasteiger partial charge in [-0.2, -0.15) is 15.3 Å². The number of aliphatic hydroxyl groups is 2. The van der Waals surface area contributed by atoms with E-state index >= 15 is 0 Å². The molecule has 0 spiro atoms. The summed E-state index contributed by atoms with van der Waals surface area (Å²) < 4.78 is 5.50. The summed E-state index contributed by atoms with van der Waals surface area (Å²) in [7, 11) is 0. The zero-order chi connectivity index (χ0) is 20.7. The summed E-state index contributed by atoms with van der Waals surface area (Å²) in [5, 5.41) is 32.0. The zero-order valence-corrected chi connectivity index (χ0v) is 16.8. The van der Waals surface area contributed by atoms with Crippen LogP contribution in [0.25, 0.3) is 28.0 Å². The highest BCUT2D eigenvalue weighted by Gasteiger charge is 2.31. The standard InChI is InChI=1S/C21H25N7O2/c1-2-19(14-3-4-14)27-10-16(8-24-27)21-20-5-6-22-28(20)12-18(25-21)15-7-23-26(9-15)11-17(30)13-29/h5-10,12,14,17,19,29-30H,2-4,11,13H2,1H3/t17-,19-/m1/s1. The van der Waals surface area contributed by atoms with Gasteiger partial charge >= 0.3 is 0 Å². The monoisotopic (exact) mass is 407 g/mol. The van der Waals surface area contributed by atoms with Gasteiger partial charge < -0.3 is 10.2 Å². The Balaban J connectivity index is 1.52. The Labute approximate surface area is 173 Å². The van der Waals surface area contributed by atoms with E-state index in [1.165, 1.54) is 12.8 Å². The molecule has 2 atom stereocenters. The van der Waals surface area contributed by atoms with Crippen LogP contribution in [0.3, 0.4) is 0 Å². The van der Waals surface area contributed by atoms with E-state index in [1.807, 2.05) is 29.2 Å². The van der Waals surface area contributed by atoms with Crippen molar-refractivity contribution in [1.29, 1.82) is 0 Å². The van der Waals surface area contributed by atoms with E-state index in [0.29, 0.717) is 6.04 Å². The van der Waals surface area contributed by atoms with Crippen molar-refractivity contribution in [1.82, 2.24) is 34.2 Å². The molecule has 9 heteroatoms. The Morgan fingerprint density at radius 1 is 1.10 bits per heavy atom. The van der Waals surface area contributed by atoms with Crippen LogP contribution in [-0.4, -0.2) is 57.1 Å². The molecule has 1 aliphatic carbocycles. The molecule has 4 aromatic rings. The molecule has 0 radical (unpaired) electrons. The fourth-order valence-electron chi connectivity index (χ4n) is 4.01. The van der Waals surface area contributed by atoms with Crippen LogP contribution in [0.4, 0.5) is 0 Å². The zero-order valence-electron chi connectivity index (χ0n) is 16.8. The average molecular weight is 407 g/mol. The normalized spacial score (nSPS) is 16.2. The van der Waals surface area contributed by atoms with Gasteiger partial charge in [0.25, 0.3) is 0 Å². The summed E-state index contributed by atoms with van der Waals surface area (Å²) >= 11 is 0. The second-order valence-electron chi connectivity index (χ2n) is 7.95. The maximum absolute atomic E-state index is 9.66. The van der Waals surface area contributed by atoms with Crippen LogP contribution in [0.15, 0.2) is 43.2 Å². The topological polar surface area (TPSA) is 106 Å². The van der Waals surface area contributed by atoms with Gasteiger partial charge in [0, 0.05) is 23.5 Å². The molecule has 0 aromatic carbocycles. The van der Waals surface area contributed by atoms with Gasteiger partial charge in [0.2, 0.25) is 0 Å². The predicted molar refractivity (Wildman–Crippen MR) is 111 cm³/mol. The van der Waals surface area contributed by atoms with Gasteiger partial charge in [-0.25, -0.2) is 9.50 Å². The third-order valence-electron chi connectivity index (χ3n) is 5.73. The molecule has 2 N–H and O–H groups in total. The van der Waals surface area contributed by atoms with Gasteiger partial charge in [-0.3, -0.25) is 9.36 Å². The molecule has 0 bridgehead atoms. The van der Waals surface area contributed by atoms with Crippen LogP contribution in [0.1, 0.15) is 32.2 Å². The third kappa shape index (κ3) is 3.50. The first kappa shape index (κ1) is 19.0. The lowest BCUT2D eigenvalue weighted by molar-refractivity contribution is 0.0783. The van der Waals surface area contributed by atoms with Gasteiger partial charge in [-0.1, -0.05) is 6.92 Å². The summed E-state index contributed by atoms with van der Waals surface area (Å²) in [6.07, 6.45) is 13.9. The smallest absolute Gasteiger partial charge is 0.0999 e. The first-order valence-corrected chi connectivity index (χ1v) is 10.4. The van der Waals surface area contributed by atoms with Crippen molar-refractivity contribution < 1.29 is 10.2 Å². The Morgan fingerprint density at radius 2 is 1.93 bits per heavy atom. The predicted octanol–water partition coefficient (Wildman–Crippen LogP) is 2.17. The maximum atomic E-state index is 9.66. The second kappa shape index (κ2) is 7.66. The number of nitrogens with zero attached hydrogens (tertiary/aromatic N) is 7. The van der Waals surface area contributed by atoms with E-state index in [1.54, 1.807) is 17.1 Å². The van der Waals surface area contributed by atoms with Crippen LogP contribution in [-0.2, 0) is 6.54 Å². The highest BCUT2D eigenvalue weighted by molar-refractivity contribution is 5.78. The van der Waals surface area contributed by atoms with Crippen LogP contribution in [0, 0.1) is 5.92 Å². The lowest BCUT2D eigenvalue weighted by atomic mass is 10.1. The number of aliphatic hydroxyl groups excluding tert-OH is 2. The maximum Gasteiger partial charge on any atom is 0.0999 e. The van der Waals surface area contributed by atoms with Crippen molar-refractivity contribution in [2.24, 2.45) is 5.92 Å². The highest BCUT2D eigenvalue weighted by atomic mass is 16.3. The van der Waals surface area contributed by atoms with Gasteiger partial charge in [0.05, 0.1) is 67.0 Å². The van der Waals surface area contributed by atoms with Crippen LogP contribution in [0.5, 0.6) is 0 Å². The number of aromatic nitrogens is 7. The molecular weight excluding hydrogens is 382 g/mol. The van der Waals surface area contributed by atoms with E-state index in [2.05, 4.69) is 33.1 Å². The van der Waals surface area contributed by atoms with E-state index in [9.17, 15) is 5.11 Å². The molecule has 0 saturated heterocycles. The molecule has 0 aliphatic heterocycles. The fourth-order valence-corrected chi connectivity index (χ4v) is 4.01. The third-order valence-corrected chi connectivity index (χ3v) is 5.73. The number of hydrogen-bond donors (Lipinski definition) is 2. The molecule has 1 aliphatic rings. The summed E-state index contributed by atoms with van der Waals surface area (Å²) in [6.45, 7) is 2.13. The van der Waals surface area contributed by atoms with Crippen molar-refractivity contribution in [3.05, 3.63) is 43.2 Å². The van der Waals surface area contributed by atoms with Gasteiger partial charge in [0.15, 0.2) is 0 Å². The second-order valence-corrected chi connectivity index (χ2v) is 7.95. The van der Waals surface area contributed by atoms with Crippen molar-refractivity contribution in [2.45, 2.75) is 44.9 Å². The summed E-state index contributed by atoms with van der Waals surface area (Å²) in [5.41, 5.74) is 4.25. The van der Waals surface area contributed by atoms with Crippen LogP contribution >= 0.6 is 0 Å². The minimum Gasteiger partial charge on any atom is -0.394 e. The molecule has 5 rings (SSSR count). The van der Waals surface area contributed by atoms with Gasteiger partial charge in [0.1, 0.15) is 0 Å². The Morgan fingerprint density at radius 3 is 2.70 bits per heavy atom. The SMILES string of the molecule is CC[C@H](C1CC1)n1cc(-c2nc(-c3cnn(C[C@@H](O)CO)c3)cn3nccc23)cn1. The van der Waals surface area contributed by atoms with Crippen molar-refractivity contribution in [3.8, 4) is 22.5 Å². The lowest BCUT2D eigenvalue weighted by Crippen LogP contribution is -2.19. The Kier molecular flexibility index (Phi) is 4.84. The molecule has 0 unspecified atom stereocenters. The molecule has 4 aromatic heterocycles. The fraction of sp³-hybridized carbons (Fsp3) is 0.429. The van der Waals surface area contributed by atoms with Crippen LogP contribution in [0.2, 0.25) is 0 Å². The van der Waals surface area contributed by atoms with E-state index in [0.717, 1.165) is 40.4 Å². The summed E-state index contributed by atoms with van der Waals surface area (Å²) in [6, 6.07) is 2.39. The molecule has 156 valence electrons. The minimum absolute atomic E-state index is 0.222.